The van der Waals surface area contributed by atoms with E-state index in [1.54, 1.807) is 0 Å². The van der Waals surface area contributed by atoms with Gasteiger partial charge in [-0.1, -0.05) is 24.6 Å². The van der Waals surface area contributed by atoms with E-state index in [9.17, 15) is 0 Å². The average Bonchev–Trinajstić information content (AvgIpc) is 2.37. The normalized spacial score (nSPS) is 23.8. The van der Waals surface area contributed by atoms with Crippen molar-refractivity contribution >= 4 is 5.69 Å². The molecule has 0 radical (unpaired) electrons. The third kappa shape index (κ3) is 3.05. The minimum absolute atomic E-state index is 0.183. The van der Waals surface area contributed by atoms with Crippen molar-refractivity contribution in [2.45, 2.75) is 40.2 Å². The third-order valence-electron chi connectivity index (χ3n) is 3.74. The van der Waals surface area contributed by atoms with Crippen LogP contribution in [0, 0.1) is 19.8 Å². The van der Waals surface area contributed by atoms with Crippen molar-refractivity contribution in [3.8, 4) is 0 Å². The number of anilines is 1. The lowest BCUT2D eigenvalue weighted by Gasteiger charge is -2.32. The summed E-state index contributed by atoms with van der Waals surface area (Å²) >= 11 is 0. The predicted molar refractivity (Wildman–Crippen MR) is 79.4 cm³/mol. The SMILES string of the molecule is Cc1ccc(N2CC(C)CNC(C)(C)C2)c(C)c1. The lowest BCUT2D eigenvalue weighted by atomic mass is 10.0. The summed E-state index contributed by atoms with van der Waals surface area (Å²) in [5, 5.41) is 3.66. The molecule has 0 spiro atoms. The van der Waals surface area contributed by atoms with Gasteiger partial charge in [0.05, 0.1) is 0 Å². The number of rotatable bonds is 1. The molecule has 0 aliphatic carbocycles. The van der Waals surface area contributed by atoms with Gasteiger partial charge in [0, 0.05) is 24.3 Å². The molecular formula is C16H26N2. The first-order valence-electron chi connectivity index (χ1n) is 6.95. The highest BCUT2D eigenvalue weighted by atomic mass is 15.2. The van der Waals surface area contributed by atoms with E-state index in [4.69, 9.17) is 0 Å². The summed E-state index contributed by atoms with van der Waals surface area (Å²) in [6.45, 7) is 14.6. The summed E-state index contributed by atoms with van der Waals surface area (Å²) in [4.78, 5) is 2.54. The van der Waals surface area contributed by atoms with Gasteiger partial charge < -0.3 is 10.2 Å². The smallest absolute Gasteiger partial charge is 0.0396 e. The van der Waals surface area contributed by atoms with Gasteiger partial charge in [0.2, 0.25) is 0 Å². The molecule has 18 heavy (non-hydrogen) atoms. The maximum atomic E-state index is 3.66. The molecule has 1 aliphatic heterocycles. The van der Waals surface area contributed by atoms with E-state index >= 15 is 0 Å². The molecular weight excluding hydrogens is 220 g/mol. The lowest BCUT2D eigenvalue weighted by molar-refractivity contribution is 0.402. The summed E-state index contributed by atoms with van der Waals surface area (Å²) in [5.41, 5.74) is 4.31. The maximum Gasteiger partial charge on any atom is 0.0396 e. The second kappa shape index (κ2) is 4.93. The minimum atomic E-state index is 0.183. The van der Waals surface area contributed by atoms with Crippen LogP contribution >= 0.6 is 0 Å². The van der Waals surface area contributed by atoms with E-state index in [1.807, 2.05) is 0 Å². The first-order valence-corrected chi connectivity index (χ1v) is 6.95. The van der Waals surface area contributed by atoms with Gasteiger partial charge in [0.25, 0.3) is 0 Å². The van der Waals surface area contributed by atoms with Gasteiger partial charge in [-0.25, -0.2) is 0 Å². The highest BCUT2D eigenvalue weighted by molar-refractivity contribution is 5.55. The number of hydrogen-bond donors (Lipinski definition) is 1. The van der Waals surface area contributed by atoms with Crippen molar-refractivity contribution in [3.05, 3.63) is 29.3 Å². The fourth-order valence-corrected chi connectivity index (χ4v) is 2.83. The lowest BCUT2D eigenvalue weighted by Crippen LogP contribution is -2.46. The van der Waals surface area contributed by atoms with Crippen LogP contribution in [0.5, 0.6) is 0 Å². The highest BCUT2D eigenvalue weighted by Crippen LogP contribution is 2.25. The third-order valence-corrected chi connectivity index (χ3v) is 3.74. The van der Waals surface area contributed by atoms with Gasteiger partial charge in [0.15, 0.2) is 0 Å². The van der Waals surface area contributed by atoms with Crippen LogP contribution in [0.1, 0.15) is 31.9 Å². The Bertz CT molecular complexity index is 423. The second-order valence-electron chi connectivity index (χ2n) is 6.54. The van der Waals surface area contributed by atoms with E-state index in [2.05, 4.69) is 63.0 Å². The first-order chi connectivity index (χ1) is 8.37. The highest BCUT2D eigenvalue weighted by Gasteiger charge is 2.27. The summed E-state index contributed by atoms with van der Waals surface area (Å²) in [5.74, 6) is 0.687. The van der Waals surface area contributed by atoms with Crippen LogP contribution in [-0.4, -0.2) is 25.2 Å². The van der Waals surface area contributed by atoms with Crippen LogP contribution in [0.2, 0.25) is 0 Å². The van der Waals surface area contributed by atoms with Crippen LogP contribution in [0.25, 0.3) is 0 Å². The van der Waals surface area contributed by atoms with Gasteiger partial charge in [-0.2, -0.15) is 0 Å². The van der Waals surface area contributed by atoms with Crippen LogP contribution < -0.4 is 10.2 Å². The number of benzene rings is 1. The van der Waals surface area contributed by atoms with Gasteiger partial charge in [-0.3, -0.25) is 0 Å². The zero-order chi connectivity index (χ0) is 13.3. The van der Waals surface area contributed by atoms with Crippen molar-refractivity contribution in [2.24, 2.45) is 5.92 Å². The number of nitrogens with one attached hydrogen (secondary N) is 1. The molecule has 0 aromatic heterocycles. The van der Waals surface area contributed by atoms with Crippen LogP contribution in [-0.2, 0) is 0 Å². The summed E-state index contributed by atoms with van der Waals surface area (Å²) in [7, 11) is 0. The van der Waals surface area contributed by atoms with E-state index in [1.165, 1.54) is 16.8 Å². The molecule has 1 atom stereocenters. The summed E-state index contributed by atoms with van der Waals surface area (Å²) in [6, 6.07) is 6.78. The van der Waals surface area contributed by atoms with Crippen molar-refractivity contribution < 1.29 is 0 Å². The van der Waals surface area contributed by atoms with Gasteiger partial charge in [-0.15, -0.1) is 0 Å². The molecule has 100 valence electrons. The molecule has 0 amide bonds. The molecule has 2 nitrogen and oxygen atoms in total. The summed E-state index contributed by atoms with van der Waals surface area (Å²) in [6.07, 6.45) is 0. The predicted octanol–water partition coefficient (Wildman–Crippen LogP) is 3.13. The van der Waals surface area contributed by atoms with Crippen molar-refractivity contribution in [1.82, 2.24) is 5.32 Å². The molecule has 1 aromatic rings. The van der Waals surface area contributed by atoms with E-state index in [-0.39, 0.29) is 5.54 Å². The zero-order valence-electron chi connectivity index (χ0n) is 12.4. The number of hydrogen-bond acceptors (Lipinski definition) is 2. The Hall–Kier alpha value is -1.02. The topological polar surface area (TPSA) is 15.3 Å². The number of nitrogens with zero attached hydrogens (tertiary/aromatic N) is 1. The van der Waals surface area contributed by atoms with Crippen LogP contribution in [0.3, 0.4) is 0 Å². The molecule has 2 rings (SSSR count). The van der Waals surface area contributed by atoms with E-state index < -0.39 is 0 Å². The molecule has 1 heterocycles. The van der Waals surface area contributed by atoms with Gasteiger partial charge in [0.1, 0.15) is 0 Å². The molecule has 1 saturated heterocycles. The fourth-order valence-electron chi connectivity index (χ4n) is 2.83. The molecule has 1 N–H and O–H groups in total. The van der Waals surface area contributed by atoms with Crippen LogP contribution in [0.15, 0.2) is 18.2 Å². The Morgan fingerprint density at radius 3 is 2.67 bits per heavy atom. The number of aryl methyl sites for hydroxylation is 2. The molecule has 0 bridgehead atoms. The Kier molecular flexibility index (Phi) is 3.67. The Balaban J connectivity index is 2.29. The van der Waals surface area contributed by atoms with Crippen molar-refractivity contribution in [1.29, 1.82) is 0 Å². The monoisotopic (exact) mass is 246 g/mol. The van der Waals surface area contributed by atoms with Gasteiger partial charge >= 0.3 is 0 Å². The Labute approximate surface area is 111 Å². The second-order valence-corrected chi connectivity index (χ2v) is 6.54. The molecule has 1 fully saturated rings. The molecule has 2 heteroatoms. The van der Waals surface area contributed by atoms with Crippen molar-refractivity contribution in [3.63, 3.8) is 0 Å². The standard InChI is InChI=1S/C16H26N2/c1-12-6-7-15(14(3)8-12)18-10-13(2)9-17-16(4,5)11-18/h6-8,13,17H,9-11H2,1-5H3. The average molecular weight is 246 g/mol. The molecule has 1 unspecified atom stereocenters. The van der Waals surface area contributed by atoms with Crippen LogP contribution in [0.4, 0.5) is 5.69 Å². The van der Waals surface area contributed by atoms with Gasteiger partial charge in [-0.05, 0) is 51.8 Å². The van der Waals surface area contributed by atoms with E-state index in [0.29, 0.717) is 5.92 Å². The van der Waals surface area contributed by atoms with Crippen molar-refractivity contribution in [2.75, 3.05) is 24.5 Å². The Morgan fingerprint density at radius 1 is 1.28 bits per heavy atom. The molecule has 0 saturated carbocycles. The largest absolute Gasteiger partial charge is 0.369 e. The molecule has 1 aliphatic rings. The molecule has 1 aromatic carbocycles. The summed E-state index contributed by atoms with van der Waals surface area (Å²) < 4.78 is 0. The Morgan fingerprint density at radius 2 is 2.00 bits per heavy atom. The fraction of sp³-hybridized carbons (Fsp3) is 0.625. The van der Waals surface area contributed by atoms with E-state index in [0.717, 1.165) is 19.6 Å². The zero-order valence-corrected chi connectivity index (χ0v) is 12.4. The minimum Gasteiger partial charge on any atom is -0.369 e. The maximum absolute atomic E-state index is 3.66. The first kappa shape index (κ1) is 13.4. The quantitative estimate of drug-likeness (QED) is 0.819.